The smallest absolute Gasteiger partial charge is 0.0682 e. The monoisotopic (exact) mass is 148 g/mol. The third kappa shape index (κ3) is 2.20. The van der Waals surface area contributed by atoms with Crippen molar-refractivity contribution in [2.45, 2.75) is 13.5 Å². The summed E-state index contributed by atoms with van der Waals surface area (Å²) in [5, 5.41) is 8.81. The van der Waals surface area contributed by atoms with Crippen LogP contribution in [-0.4, -0.2) is 5.11 Å². The highest BCUT2D eigenvalue weighted by molar-refractivity contribution is 5.49. The Morgan fingerprint density at radius 2 is 2.27 bits per heavy atom. The van der Waals surface area contributed by atoms with Crippen molar-refractivity contribution in [3.05, 3.63) is 41.5 Å². The van der Waals surface area contributed by atoms with Crippen molar-refractivity contribution in [3.8, 4) is 0 Å². The van der Waals surface area contributed by atoms with Crippen LogP contribution in [0.1, 0.15) is 18.1 Å². The molecule has 0 spiro atoms. The van der Waals surface area contributed by atoms with Crippen molar-refractivity contribution in [2.24, 2.45) is 0 Å². The van der Waals surface area contributed by atoms with Crippen LogP contribution >= 0.6 is 0 Å². The summed E-state index contributed by atoms with van der Waals surface area (Å²) in [6.07, 6.45) is 4.00. The highest BCUT2D eigenvalue weighted by Gasteiger charge is 1.89. The normalized spacial score (nSPS) is 10.7. The van der Waals surface area contributed by atoms with Crippen molar-refractivity contribution < 1.29 is 5.11 Å². The van der Waals surface area contributed by atoms with Gasteiger partial charge in [-0.25, -0.2) is 0 Å². The molecule has 1 heteroatoms. The molecule has 0 aliphatic carbocycles. The lowest BCUT2D eigenvalue weighted by Gasteiger charge is -1.96. The molecule has 1 N–H and O–H groups in total. The minimum absolute atomic E-state index is 0.116. The van der Waals surface area contributed by atoms with Crippen molar-refractivity contribution in [1.82, 2.24) is 0 Å². The van der Waals surface area contributed by atoms with E-state index in [0.29, 0.717) is 0 Å². The molecule has 1 rings (SSSR count). The minimum atomic E-state index is 0.116. The number of aliphatic hydroxyl groups excluding tert-OH is 1. The first-order valence-corrected chi connectivity index (χ1v) is 3.69. The van der Waals surface area contributed by atoms with E-state index in [4.69, 9.17) is 5.11 Å². The first-order valence-electron chi connectivity index (χ1n) is 3.69. The topological polar surface area (TPSA) is 20.2 Å². The van der Waals surface area contributed by atoms with E-state index < -0.39 is 0 Å². The van der Waals surface area contributed by atoms with Gasteiger partial charge in [-0.3, -0.25) is 0 Å². The molecule has 0 amide bonds. The maximum absolute atomic E-state index is 8.81. The Labute approximate surface area is 67.0 Å². The van der Waals surface area contributed by atoms with E-state index in [2.05, 4.69) is 0 Å². The number of hydrogen-bond acceptors (Lipinski definition) is 1. The molecule has 0 saturated carbocycles. The summed E-state index contributed by atoms with van der Waals surface area (Å²) in [5.74, 6) is 0. The molecule has 1 aromatic carbocycles. The van der Waals surface area contributed by atoms with Gasteiger partial charge in [0.25, 0.3) is 0 Å². The molecule has 1 aromatic rings. The van der Waals surface area contributed by atoms with Gasteiger partial charge in [-0.15, -0.1) is 0 Å². The molecule has 0 aromatic heterocycles. The van der Waals surface area contributed by atoms with Crippen LogP contribution in [0, 0.1) is 0 Å². The summed E-state index contributed by atoms with van der Waals surface area (Å²) in [4.78, 5) is 0. The highest BCUT2D eigenvalue weighted by atomic mass is 16.3. The van der Waals surface area contributed by atoms with Crippen LogP contribution in [0.3, 0.4) is 0 Å². The average Bonchev–Trinajstić information content (AvgIpc) is 2.06. The van der Waals surface area contributed by atoms with E-state index in [1.807, 2.05) is 43.3 Å². The highest BCUT2D eigenvalue weighted by Crippen LogP contribution is 2.06. The molecular weight excluding hydrogens is 136 g/mol. The number of allylic oxidation sites excluding steroid dienone is 1. The SMILES string of the molecule is CC=Cc1cccc(CO)c1. The second-order valence-corrected chi connectivity index (χ2v) is 2.40. The van der Waals surface area contributed by atoms with E-state index >= 15 is 0 Å². The van der Waals surface area contributed by atoms with E-state index in [9.17, 15) is 0 Å². The predicted molar refractivity (Wildman–Crippen MR) is 47.1 cm³/mol. The number of benzene rings is 1. The van der Waals surface area contributed by atoms with Gasteiger partial charge in [-0.2, -0.15) is 0 Å². The van der Waals surface area contributed by atoms with Crippen molar-refractivity contribution >= 4 is 6.08 Å². The first kappa shape index (κ1) is 8.02. The molecule has 0 aliphatic rings. The van der Waals surface area contributed by atoms with Crippen LogP contribution in [0.15, 0.2) is 30.3 Å². The molecule has 1 nitrogen and oxygen atoms in total. The fraction of sp³-hybridized carbons (Fsp3) is 0.200. The van der Waals surface area contributed by atoms with Crippen LogP contribution < -0.4 is 0 Å². The Morgan fingerprint density at radius 3 is 2.91 bits per heavy atom. The third-order valence-corrected chi connectivity index (χ3v) is 1.49. The molecule has 0 saturated heterocycles. The Balaban J connectivity index is 2.91. The molecule has 0 aliphatic heterocycles. The van der Waals surface area contributed by atoms with Crippen LogP contribution in [0.5, 0.6) is 0 Å². The minimum Gasteiger partial charge on any atom is -0.392 e. The van der Waals surface area contributed by atoms with Gasteiger partial charge in [0.15, 0.2) is 0 Å². The van der Waals surface area contributed by atoms with Crippen LogP contribution in [0.25, 0.3) is 6.08 Å². The number of hydrogen-bond donors (Lipinski definition) is 1. The van der Waals surface area contributed by atoms with Gasteiger partial charge in [0.1, 0.15) is 0 Å². The van der Waals surface area contributed by atoms with Gasteiger partial charge >= 0.3 is 0 Å². The van der Waals surface area contributed by atoms with Crippen molar-refractivity contribution in [2.75, 3.05) is 0 Å². The maximum atomic E-state index is 8.81. The average molecular weight is 148 g/mol. The third-order valence-electron chi connectivity index (χ3n) is 1.49. The van der Waals surface area contributed by atoms with Crippen LogP contribution in [-0.2, 0) is 6.61 Å². The van der Waals surface area contributed by atoms with E-state index in [1.54, 1.807) is 0 Å². The molecule has 58 valence electrons. The van der Waals surface area contributed by atoms with E-state index in [1.165, 1.54) is 0 Å². The van der Waals surface area contributed by atoms with Gasteiger partial charge in [0, 0.05) is 0 Å². The molecule has 11 heavy (non-hydrogen) atoms. The Kier molecular flexibility index (Phi) is 2.87. The summed E-state index contributed by atoms with van der Waals surface area (Å²) in [6.45, 7) is 2.09. The maximum Gasteiger partial charge on any atom is 0.0682 e. The van der Waals surface area contributed by atoms with Gasteiger partial charge in [0.05, 0.1) is 6.61 Å². The second-order valence-electron chi connectivity index (χ2n) is 2.40. The number of rotatable bonds is 2. The Bertz CT molecular complexity index is 251. The van der Waals surface area contributed by atoms with Gasteiger partial charge in [0.2, 0.25) is 0 Å². The fourth-order valence-corrected chi connectivity index (χ4v) is 0.988. The quantitative estimate of drug-likeness (QED) is 0.681. The van der Waals surface area contributed by atoms with Gasteiger partial charge in [-0.05, 0) is 24.1 Å². The van der Waals surface area contributed by atoms with Crippen LogP contribution in [0.2, 0.25) is 0 Å². The summed E-state index contributed by atoms with van der Waals surface area (Å²) >= 11 is 0. The fourth-order valence-electron chi connectivity index (χ4n) is 0.988. The van der Waals surface area contributed by atoms with Gasteiger partial charge < -0.3 is 5.11 Å². The summed E-state index contributed by atoms with van der Waals surface area (Å²) < 4.78 is 0. The lowest BCUT2D eigenvalue weighted by molar-refractivity contribution is 0.282. The lowest BCUT2D eigenvalue weighted by atomic mass is 10.1. The summed E-state index contributed by atoms with van der Waals surface area (Å²) in [7, 11) is 0. The molecule has 0 bridgehead atoms. The molecule has 0 radical (unpaired) electrons. The predicted octanol–water partition coefficient (Wildman–Crippen LogP) is 2.21. The second kappa shape index (κ2) is 3.94. The zero-order valence-electron chi connectivity index (χ0n) is 6.62. The van der Waals surface area contributed by atoms with Gasteiger partial charge in [-0.1, -0.05) is 30.4 Å². The van der Waals surface area contributed by atoms with Crippen molar-refractivity contribution in [3.63, 3.8) is 0 Å². The summed E-state index contributed by atoms with van der Waals surface area (Å²) in [6, 6.07) is 7.84. The molecule has 0 fully saturated rings. The van der Waals surface area contributed by atoms with E-state index in [-0.39, 0.29) is 6.61 Å². The molecular formula is C10H12O. The Morgan fingerprint density at radius 1 is 1.45 bits per heavy atom. The zero-order chi connectivity index (χ0) is 8.10. The zero-order valence-corrected chi connectivity index (χ0v) is 6.62. The lowest BCUT2D eigenvalue weighted by Crippen LogP contribution is -1.82. The largest absolute Gasteiger partial charge is 0.392 e. The molecule has 0 atom stereocenters. The van der Waals surface area contributed by atoms with Crippen LogP contribution in [0.4, 0.5) is 0 Å². The van der Waals surface area contributed by atoms with Crippen molar-refractivity contribution in [1.29, 1.82) is 0 Å². The Hall–Kier alpha value is -1.08. The molecule has 0 unspecified atom stereocenters. The standard InChI is InChI=1S/C10H12O/c1-2-4-9-5-3-6-10(7-9)8-11/h2-7,11H,8H2,1H3. The number of aliphatic hydroxyl groups is 1. The summed E-state index contributed by atoms with van der Waals surface area (Å²) in [5.41, 5.74) is 2.10. The first-order chi connectivity index (χ1) is 5.36. The molecule has 0 heterocycles. The van der Waals surface area contributed by atoms with E-state index in [0.717, 1.165) is 11.1 Å².